The zero-order valence-corrected chi connectivity index (χ0v) is 10.2. The Hall–Kier alpha value is -0.340. The summed E-state index contributed by atoms with van der Waals surface area (Å²) in [4.78, 5) is 2.97. The topological polar surface area (TPSA) is 26.0 Å². The summed E-state index contributed by atoms with van der Waals surface area (Å²) in [5, 5.41) is 0. The van der Waals surface area contributed by atoms with E-state index < -0.39 is 0 Å². The second-order valence-electron chi connectivity index (χ2n) is 4.17. The summed E-state index contributed by atoms with van der Waals surface area (Å²) in [6.45, 7) is 6.59. The molecule has 0 saturated heterocycles. The van der Waals surface area contributed by atoms with E-state index in [9.17, 15) is 0 Å². The molecule has 0 radical (unpaired) electrons. The average molecular weight is 211 g/mol. The van der Waals surface area contributed by atoms with Gasteiger partial charge in [0.25, 0.3) is 0 Å². The second-order valence-corrected chi connectivity index (χ2v) is 5.42. The van der Waals surface area contributed by atoms with Crippen molar-refractivity contribution in [1.29, 1.82) is 0 Å². The second kappa shape index (κ2) is 5.52. The molecule has 1 nitrogen and oxygen atoms in total. The lowest BCUT2D eigenvalue weighted by molar-refractivity contribution is 0.465. The van der Waals surface area contributed by atoms with Gasteiger partial charge in [0, 0.05) is 15.8 Å². The molecule has 0 aliphatic heterocycles. The van der Waals surface area contributed by atoms with Gasteiger partial charge in [-0.25, -0.2) is 0 Å². The van der Waals surface area contributed by atoms with Gasteiger partial charge in [-0.15, -0.1) is 11.3 Å². The smallest absolute Gasteiger partial charge is 0.00653 e. The Morgan fingerprint density at radius 2 is 1.93 bits per heavy atom. The molecule has 2 heteroatoms. The number of rotatable bonds is 5. The predicted octanol–water partition coefficient (Wildman–Crippen LogP) is 3.23. The molecule has 2 N–H and O–H groups in total. The van der Waals surface area contributed by atoms with Crippen molar-refractivity contribution in [3.05, 3.63) is 21.9 Å². The average Bonchev–Trinajstić information content (AvgIpc) is 2.61. The molecule has 0 saturated carbocycles. The molecule has 80 valence electrons. The van der Waals surface area contributed by atoms with Crippen molar-refractivity contribution in [2.75, 3.05) is 0 Å². The van der Waals surface area contributed by atoms with Gasteiger partial charge in [-0.2, -0.15) is 0 Å². The number of hydrogen-bond acceptors (Lipinski definition) is 2. The Morgan fingerprint density at radius 3 is 2.43 bits per heavy atom. The fourth-order valence-electron chi connectivity index (χ4n) is 1.39. The van der Waals surface area contributed by atoms with E-state index in [-0.39, 0.29) is 0 Å². The largest absolute Gasteiger partial charge is 0.327 e. The Morgan fingerprint density at radius 1 is 1.29 bits per heavy atom. The zero-order valence-electron chi connectivity index (χ0n) is 9.42. The van der Waals surface area contributed by atoms with E-state index in [1.54, 1.807) is 0 Å². The molecule has 1 rings (SSSR count). The monoisotopic (exact) mass is 211 g/mol. The number of thiophene rings is 1. The standard InChI is InChI=1S/C12H21NS/c1-4-10-5-6-11(14-10)7-8-12(13)9(2)3/h5-6,9,12H,4,7-8,13H2,1-3H3. The third-order valence-corrected chi connectivity index (χ3v) is 3.94. The van der Waals surface area contributed by atoms with E-state index in [4.69, 9.17) is 5.73 Å². The third kappa shape index (κ3) is 3.43. The summed E-state index contributed by atoms with van der Waals surface area (Å²) in [5.74, 6) is 0.598. The quantitative estimate of drug-likeness (QED) is 0.795. The lowest BCUT2D eigenvalue weighted by atomic mass is 10.0. The maximum absolute atomic E-state index is 6.01. The molecule has 0 bridgehead atoms. The Kier molecular flexibility index (Phi) is 4.63. The van der Waals surface area contributed by atoms with Crippen molar-refractivity contribution in [3.8, 4) is 0 Å². The summed E-state index contributed by atoms with van der Waals surface area (Å²) >= 11 is 1.93. The van der Waals surface area contributed by atoms with Gasteiger partial charge in [-0.05, 0) is 37.3 Å². The molecule has 0 fully saturated rings. The summed E-state index contributed by atoms with van der Waals surface area (Å²) < 4.78 is 0. The van der Waals surface area contributed by atoms with E-state index >= 15 is 0 Å². The van der Waals surface area contributed by atoms with Crippen molar-refractivity contribution in [3.63, 3.8) is 0 Å². The first-order chi connectivity index (χ1) is 6.63. The van der Waals surface area contributed by atoms with Crippen LogP contribution in [0.3, 0.4) is 0 Å². The van der Waals surface area contributed by atoms with E-state index in [1.165, 1.54) is 9.75 Å². The van der Waals surface area contributed by atoms with Gasteiger partial charge in [0.15, 0.2) is 0 Å². The molecule has 1 heterocycles. The van der Waals surface area contributed by atoms with Crippen LogP contribution in [0.5, 0.6) is 0 Å². The normalized spacial score (nSPS) is 13.5. The minimum atomic E-state index is 0.349. The van der Waals surface area contributed by atoms with Gasteiger partial charge in [-0.1, -0.05) is 20.8 Å². The van der Waals surface area contributed by atoms with Crippen LogP contribution < -0.4 is 5.73 Å². The van der Waals surface area contributed by atoms with Crippen LogP contribution in [0.2, 0.25) is 0 Å². The Bertz CT molecular complexity index is 265. The Labute approximate surface area is 91.3 Å². The minimum absolute atomic E-state index is 0.349. The summed E-state index contributed by atoms with van der Waals surface area (Å²) in [6, 6.07) is 4.83. The third-order valence-electron chi connectivity index (χ3n) is 2.65. The van der Waals surface area contributed by atoms with Crippen LogP contribution in [0, 0.1) is 5.92 Å². The highest BCUT2D eigenvalue weighted by Crippen LogP contribution is 2.19. The number of nitrogens with two attached hydrogens (primary N) is 1. The van der Waals surface area contributed by atoms with Gasteiger partial charge >= 0.3 is 0 Å². The predicted molar refractivity (Wildman–Crippen MR) is 64.8 cm³/mol. The first-order valence-corrected chi connectivity index (χ1v) is 6.28. The Balaban J connectivity index is 2.37. The minimum Gasteiger partial charge on any atom is -0.327 e. The van der Waals surface area contributed by atoms with Gasteiger partial charge in [0.2, 0.25) is 0 Å². The first kappa shape index (κ1) is 11.7. The fourth-order valence-corrected chi connectivity index (χ4v) is 2.36. The van der Waals surface area contributed by atoms with E-state index in [0.29, 0.717) is 12.0 Å². The first-order valence-electron chi connectivity index (χ1n) is 5.46. The SMILES string of the molecule is CCc1ccc(CCC(N)C(C)C)s1. The molecular weight excluding hydrogens is 190 g/mol. The molecule has 0 aromatic carbocycles. The van der Waals surface area contributed by atoms with Crippen LogP contribution in [-0.4, -0.2) is 6.04 Å². The summed E-state index contributed by atoms with van der Waals surface area (Å²) in [7, 11) is 0. The van der Waals surface area contributed by atoms with Crippen molar-refractivity contribution >= 4 is 11.3 Å². The summed E-state index contributed by atoms with van der Waals surface area (Å²) in [5.41, 5.74) is 6.01. The van der Waals surface area contributed by atoms with Gasteiger partial charge in [0.05, 0.1) is 0 Å². The van der Waals surface area contributed by atoms with E-state index in [2.05, 4.69) is 32.9 Å². The zero-order chi connectivity index (χ0) is 10.6. The lowest BCUT2D eigenvalue weighted by Gasteiger charge is -2.14. The van der Waals surface area contributed by atoms with Crippen molar-refractivity contribution in [2.24, 2.45) is 11.7 Å². The number of aryl methyl sites for hydroxylation is 2. The maximum Gasteiger partial charge on any atom is 0.00653 e. The van der Waals surface area contributed by atoms with Crippen molar-refractivity contribution in [2.45, 2.75) is 46.1 Å². The molecule has 1 aromatic rings. The van der Waals surface area contributed by atoms with Crippen LogP contribution in [-0.2, 0) is 12.8 Å². The van der Waals surface area contributed by atoms with Gasteiger partial charge in [0.1, 0.15) is 0 Å². The van der Waals surface area contributed by atoms with Crippen LogP contribution in [0.1, 0.15) is 36.9 Å². The highest BCUT2D eigenvalue weighted by atomic mass is 32.1. The molecule has 0 amide bonds. The molecule has 0 aliphatic rings. The van der Waals surface area contributed by atoms with E-state index in [1.807, 2.05) is 11.3 Å². The molecule has 14 heavy (non-hydrogen) atoms. The highest BCUT2D eigenvalue weighted by molar-refractivity contribution is 7.11. The van der Waals surface area contributed by atoms with Crippen molar-refractivity contribution < 1.29 is 0 Å². The van der Waals surface area contributed by atoms with Crippen LogP contribution in [0.25, 0.3) is 0 Å². The maximum atomic E-state index is 6.01. The lowest BCUT2D eigenvalue weighted by Crippen LogP contribution is -2.26. The molecule has 1 unspecified atom stereocenters. The highest BCUT2D eigenvalue weighted by Gasteiger charge is 2.08. The van der Waals surface area contributed by atoms with E-state index in [0.717, 1.165) is 19.3 Å². The molecular formula is C12H21NS. The van der Waals surface area contributed by atoms with Crippen LogP contribution in [0.4, 0.5) is 0 Å². The number of hydrogen-bond donors (Lipinski definition) is 1. The van der Waals surface area contributed by atoms with Crippen LogP contribution in [0.15, 0.2) is 12.1 Å². The molecule has 1 aromatic heterocycles. The molecule has 0 spiro atoms. The van der Waals surface area contributed by atoms with Gasteiger partial charge < -0.3 is 5.73 Å². The summed E-state index contributed by atoms with van der Waals surface area (Å²) in [6.07, 6.45) is 3.41. The molecule has 1 atom stereocenters. The van der Waals surface area contributed by atoms with Gasteiger partial charge in [-0.3, -0.25) is 0 Å². The van der Waals surface area contributed by atoms with Crippen molar-refractivity contribution in [1.82, 2.24) is 0 Å². The fraction of sp³-hybridized carbons (Fsp3) is 0.667. The van der Waals surface area contributed by atoms with Crippen LogP contribution >= 0.6 is 11.3 Å². The molecule has 0 aliphatic carbocycles.